The molecule has 1 aromatic heterocycles. The summed E-state index contributed by atoms with van der Waals surface area (Å²) in [5.74, 6) is 0. The third kappa shape index (κ3) is 5.26. The summed E-state index contributed by atoms with van der Waals surface area (Å²) in [5, 5.41) is 2.18. The second kappa shape index (κ2) is 13.4. The van der Waals surface area contributed by atoms with Crippen LogP contribution in [0.25, 0.3) is 55.3 Å². The van der Waals surface area contributed by atoms with Gasteiger partial charge < -0.3 is 9.32 Å². The first-order chi connectivity index (χ1) is 28.3. The van der Waals surface area contributed by atoms with Crippen LogP contribution in [0, 0.1) is 0 Å². The lowest BCUT2D eigenvalue weighted by molar-refractivity contribution is 0.668. The third-order valence-corrected chi connectivity index (χ3v) is 11.7. The summed E-state index contributed by atoms with van der Waals surface area (Å²) in [6, 6.07) is 81.0. The summed E-state index contributed by atoms with van der Waals surface area (Å²) in [4.78, 5) is 2.32. The minimum Gasteiger partial charge on any atom is -0.454 e. The summed E-state index contributed by atoms with van der Waals surface area (Å²) in [5.41, 5.74) is 16.7. The zero-order valence-electron chi connectivity index (χ0n) is 31.2. The molecular weight excluding hydrogens is 691 g/mol. The van der Waals surface area contributed by atoms with E-state index in [4.69, 9.17) is 4.42 Å². The van der Waals surface area contributed by atoms with Crippen LogP contribution >= 0.6 is 0 Å². The Morgan fingerprint density at radius 2 is 0.895 bits per heavy atom. The molecule has 0 saturated carbocycles. The molecule has 11 rings (SSSR count). The van der Waals surface area contributed by atoms with E-state index in [0.29, 0.717) is 0 Å². The van der Waals surface area contributed by atoms with Crippen molar-refractivity contribution in [3.05, 3.63) is 247 Å². The lowest BCUT2D eigenvalue weighted by Gasteiger charge is -2.33. The van der Waals surface area contributed by atoms with Crippen LogP contribution in [0.1, 0.15) is 22.3 Å². The summed E-state index contributed by atoms with van der Waals surface area (Å²) in [7, 11) is 0. The molecule has 1 aliphatic rings. The van der Waals surface area contributed by atoms with Crippen LogP contribution in [0.15, 0.2) is 229 Å². The predicted octanol–water partition coefficient (Wildman–Crippen LogP) is 14.8. The first kappa shape index (κ1) is 33.0. The van der Waals surface area contributed by atoms with E-state index in [1.165, 1.54) is 50.1 Å². The van der Waals surface area contributed by atoms with Crippen molar-refractivity contribution in [1.82, 2.24) is 0 Å². The standard InChI is InChI=1S/C55H37NO/c1-4-17-38(18-5-1)39-19-14-20-40(35-39)41-21-15-26-45(36-41)56(44-24-8-3-9-25-44)52-32-16-29-48-49-37-43(33-34-53(49)57-54(48)52)55(42-22-6-2-7-23-42)50-30-12-10-27-46(50)47-28-11-13-31-51(47)55/h1-37H. The van der Waals surface area contributed by atoms with Gasteiger partial charge in [-0.2, -0.15) is 0 Å². The molecule has 0 spiro atoms. The monoisotopic (exact) mass is 727 g/mol. The largest absolute Gasteiger partial charge is 0.454 e. The van der Waals surface area contributed by atoms with Gasteiger partial charge in [0.2, 0.25) is 0 Å². The van der Waals surface area contributed by atoms with Gasteiger partial charge in [-0.05, 0) is 104 Å². The van der Waals surface area contributed by atoms with Crippen LogP contribution in [0.3, 0.4) is 0 Å². The van der Waals surface area contributed by atoms with Crippen LogP contribution in [-0.4, -0.2) is 0 Å². The van der Waals surface area contributed by atoms with E-state index in [0.717, 1.165) is 44.6 Å². The fourth-order valence-corrected chi connectivity index (χ4v) is 9.24. The molecule has 0 N–H and O–H groups in total. The Hall–Kier alpha value is -7.42. The number of furan rings is 1. The fourth-order valence-electron chi connectivity index (χ4n) is 9.24. The van der Waals surface area contributed by atoms with Gasteiger partial charge in [-0.25, -0.2) is 0 Å². The van der Waals surface area contributed by atoms with Crippen molar-refractivity contribution in [2.45, 2.75) is 5.41 Å². The Bertz CT molecular complexity index is 3030. The van der Waals surface area contributed by atoms with Gasteiger partial charge >= 0.3 is 0 Å². The van der Waals surface area contributed by atoms with Crippen molar-refractivity contribution in [1.29, 1.82) is 0 Å². The summed E-state index contributed by atoms with van der Waals surface area (Å²) in [6.07, 6.45) is 0. The molecule has 10 aromatic rings. The van der Waals surface area contributed by atoms with E-state index in [1.807, 2.05) is 0 Å². The van der Waals surface area contributed by atoms with Crippen LogP contribution in [0.4, 0.5) is 17.1 Å². The zero-order chi connectivity index (χ0) is 37.8. The molecule has 9 aromatic carbocycles. The Morgan fingerprint density at radius 3 is 1.61 bits per heavy atom. The zero-order valence-corrected chi connectivity index (χ0v) is 31.2. The highest BCUT2D eigenvalue weighted by atomic mass is 16.3. The quantitative estimate of drug-likeness (QED) is 0.163. The number of nitrogens with zero attached hydrogens (tertiary/aromatic N) is 1. The Morgan fingerprint density at radius 1 is 0.351 bits per heavy atom. The highest BCUT2D eigenvalue weighted by Gasteiger charge is 2.46. The molecule has 57 heavy (non-hydrogen) atoms. The summed E-state index contributed by atoms with van der Waals surface area (Å²) >= 11 is 0. The number of hydrogen-bond acceptors (Lipinski definition) is 2. The minimum atomic E-state index is -0.488. The van der Waals surface area contributed by atoms with Gasteiger partial charge in [0.25, 0.3) is 0 Å². The molecule has 0 radical (unpaired) electrons. The normalized spacial score (nSPS) is 12.7. The van der Waals surface area contributed by atoms with E-state index in [9.17, 15) is 0 Å². The number of hydrogen-bond donors (Lipinski definition) is 0. The highest BCUT2D eigenvalue weighted by molar-refractivity contribution is 6.11. The molecule has 0 amide bonds. The van der Waals surface area contributed by atoms with Crippen LogP contribution < -0.4 is 4.90 Å². The minimum absolute atomic E-state index is 0.488. The second-order valence-corrected chi connectivity index (χ2v) is 14.8. The van der Waals surface area contributed by atoms with Crippen molar-refractivity contribution < 1.29 is 4.42 Å². The van der Waals surface area contributed by atoms with Crippen molar-refractivity contribution >= 4 is 39.0 Å². The molecule has 268 valence electrons. The van der Waals surface area contributed by atoms with Gasteiger partial charge in [-0.15, -0.1) is 0 Å². The number of fused-ring (bicyclic) bond motifs is 6. The third-order valence-electron chi connectivity index (χ3n) is 11.7. The molecule has 0 atom stereocenters. The maximum atomic E-state index is 6.94. The van der Waals surface area contributed by atoms with Gasteiger partial charge in [0, 0.05) is 22.1 Å². The lowest BCUT2D eigenvalue weighted by Crippen LogP contribution is -2.28. The Labute approximate surface area is 332 Å². The van der Waals surface area contributed by atoms with Crippen molar-refractivity contribution in [2.24, 2.45) is 0 Å². The van der Waals surface area contributed by atoms with Crippen molar-refractivity contribution in [3.8, 4) is 33.4 Å². The topological polar surface area (TPSA) is 16.4 Å². The molecule has 0 bridgehead atoms. The SMILES string of the molecule is c1ccc(-c2cccc(-c3cccc(N(c4ccccc4)c4cccc5c4oc4ccc(C6(c7ccccc7)c7ccccc7-c7ccccc76)cc45)c3)c2)cc1. The molecule has 0 saturated heterocycles. The first-order valence-electron chi connectivity index (χ1n) is 19.6. The van der Waals surface area contributed by atoms with Gasteiger partial charge in [0.05, 0.1) is 11.1 Å². The fraction of sp³-hybridized carbons (Fsp3) is 0.0182. The van der Waals surface area contributed by atoms with Crippen LogP contribution in [-0.2, 0) is 5.41 Å². The van der Waals surface area contributed by atoms with E-state index in [-0.39, 0.29) is 0 Å². The molecule has 2 heteroatoms. The van der Waals surface area contributed by atoms with Crippen LogP contribution in [0.5, 0.6) is 0 Å². The Balaban J connectivity index is 1.09. The molecule has 0 fully saturated rings. The maximum Gasteiger partial charge on any atom is 0.159 e. The lowest BCUT2D eigenvalue weighted by atomic mass is 9.67. The van der Waals surface area contributed by atoms with Crippen LogP contribution in [0.2, 0.25) is 0 Å². The molecule has 1 aliphatic carbocycles. The van der Waals surface area contributed by atoms with Crippen molar-refractivity contribution in [3.63, 3.8) is 0 Å². The van der Waals surface area contributed by atoms with Gasteiger partial charge in [0.1, 0.15) is 5.58 Å². The average Bonchev–Trinajstić information content (AvgIpc) is 3.82. The first-order valence-corrected chi connectivity index (χ1v) is 19.6. The molecule has 1 heterocycles. The van der Waals surface area contributed by atoms with E-state index < -0.39 is 5.41 Å². The Kier molecular flexibility index (Phi) is 7.75. The van der Waals surface area contributed by atoms with Gasteiger partial charge in [0.15, 0.2) is 5.58 Å². The summed E-state index contributed by atoms with van der Waals surface area (Å²) < 4.78 is 6.94. The molecule has 0 unspecified atom stereocenters. The average molecular weight is 728 g/mol. The molecule has 2 nitrogen and oxygen atoms in total. The smallest absolute Gasteiger partial charge is 0.159 e. The second-order valence-electron chi connectivity index (χ2n) is 14.8. The van der Waals surface area contributed by atoms with Crippen molar-refractivity contribution in [2.75, 3.05) is 4.90 Å². The highest BCUT2D eigenvalue weighted by Crippen LogP contribution is 2.56. The number of para-hydroxylation sites is 2. The molecule has 0 aliphatic heterocycles. The summed E-state index contributed by atoms with van der Waals surface area (Å²) in [6.45, 7) is 0. The predicted molar refractivity (Wildman–Crippen MR) is 237 cm³/mol. The number of rotatable bonds is 7. The van der Waals surface area contributed by atoms with Gasteiger partial charge in [-0.1, -0.05) is 176 Å². The van der Waals surface area contributed by atoms with Gasteiger partial charge in [-0.3, -0.25) is 0 Å². The molecular formula is C55H37NO. The van der Waals surface area contributed by atoms with E-state index in [1.54, 1.807) is 0 Å². The number of benzene rings is 9. The number of anilines is 3. The maximum absolute atomic E-state index is 6.94. The van der Waals surface area contributed by atoms with E-state index in [2.05, 4.69) is 229 Å². The van der Waals surface area contributed by atoms with E-state index >= 15 is 0 Å².